The molecule has 0 aliphatic carbocycles. The van der Waals surface area contributed by atoms with Gasteiger partial charge in [-0.3, -0.25) is 9.59 Å². The molecule has 5 N–H and O–H groups in total. The van der Waals surface area contributed by atoms with Crippen LogP contribution in [0.3, 0.4) is 0 Å². The normalized spacial score (nSPS) is 17.2. The summed E-state index contributed by atoms with van der Waals surface area (Å²) in [5.74, 6) is -2.69. The van der Waals surface area contributed by atoms with Crippen molar-refractivity contribution in [1.82, 2.24) is 5.32 Å². The van der Waals surface area contributed by atoms with E-state index in [1.807, 2.05) is 0 Å². The molecule has 192 valence electrons. The van der Waals surface area contributed by atoms with Crippen LogP contribution in [0, 0.1) is 0 Å². The highest BCUT2D eigenvalue weighted by Gasteiger charge is 2.38. The Hall–Kier alpha value is -4.25. The summed E-state index contributed by atoms with van der Waals surface area (Å²) in [6, 6.07) is 6.76. The van der Waals surface area contributed by atoms with E-state index in [-0.39, 0.29) is 24.5 Å². The molecule has 11 nitrogen and oxygen atoms in total. The van der Waals surface area contributed by atoms with Gasteiger partial charge in [-0.05, 0) is 47.9 Å². The first-order valence-electron chi connectivity index (χ1n) is 11.0. The maximum atomic E-state index is 12.3. The molecule has 1 aliphatic rings. The number of aliphatic hydroxyl groups excluding tert-OH is 1. The minimum atomic E-state index is -1.34. The van der Waals surface area contributed by atoms with Crippen LogP contribution in [0.4, 0.5) is 0 Å². The second kappa shape index (κ2) is 11.5. The van der Waals surface area contributed by atoms with E-state index in [9.17, 15) is 29.7 Å². The molecule has 2 aromatic rings. The first kappa shape index (κ1) is 26.4. The third kappa shape index (κ3) is 5.87. The van der Waals surface area contributed by atoms with Gasteiger partial charge in [0.1, 0.15) is 12.1 Å². The number of amides is 1. The summed E-state index contributed by atoms with van der Waals surface area (Å²) in [6.45, 7) is -0.262. The molecule has 3 unspecified atom stereocenters. The summed E-state index contributed by atoms with van der Waals surface area (Å²) in [5, 5.41) is 40.3. The Kier molecular flexibility index (Phi) is 8.38. The fourth-order valence-electron chi connectivity index (χ4n) is 3.95. The average molecular weight is 501 g/mol. The van der Waals surface area contributed by atoms with Crippen molar-refractivity contribution in [2.24, 2.45) is 0 Å². The minimum absolute atomic E-state index is 0.0336. The Morgan fingerprint density at radius 3 is 2.44 bits per heavy atom. The highest BCUT2D eigenvalue weighted by Crippen LogP contribution is 2.51. The lowest BCUT2D eigenvalue weighted by molar-refractivity contribution is -0.142. The molecule has 0 fully saturated rings. The molecular weight excluding hydrogens is 474 g/mol. The molecule has 0 saturated heterocycles. The Labute approximate surface area is 206 Å². The molecule has 1 heterocycles. The van der Waals surface area contributed by atoms with Crippen molar-refractivity contribution in [2.75, 3.05) is 20.8 Å². The number of nitrogens with one attached hydrogen (secondary N) is 1. The first-order valence-corrected chi connectivity index (χ1v) is 11.0. The van der Waals surface area contributed by atoms with Crippen LogP contribution in [0.25, 0.3) is 6.08 Å². The second-order valence-electron chi connectivity index (χ2n) is 8.07. The highest BCUT2D eigenvalue weighted by molar-refractivity contribution is 5.94. The number of fused-ring (bicyclic) bond motifs is 1. The van der Waals surface area contributed by atoms with Gasteiger partial charge in [0, 0.05) is 18.1 Å². The largest absolute Gasteiger partial charge is 0.504 e. The number of aliphatic hydroxyl groups is 1. The van der Waals surface area contributed by atoms with Crippen LogP contribution >= 0.6 is 0 Å². The number of carboxylic acid groups (broad SMARTS) is 2. The van der Waals surface area contributed by atoms with Crippen molar-refractivity contribution in [2.45, 2.75) is 30.9 Å². The van der Waals surface area contributed by atoms with Crippen LogP contribution in [0.2, 0.25) is 0 Å². The predicted octanol–water partition coefficient (Wildman–Crippen LogP) is 2.07. The van der Waals surface area contributed by atoms with Crippen molar-refractivity contribution in [3.63, 3.8) is 0 Å². The van der Waals surface area contributed by atoms with Crippen LogP contribution in [-0.4, -0.2) is 65.1 Å². The summed E-state index contributed by atoms with van der Waals surface area (Å²) in [4.78, 5) is 34.3. The predicted molar refractivity (Wildman–Crippen MR) is 126 cm³/mol. The van der Waals surface area contributed by atoms with Gasteiger partial charge >= 0.3 is 11.9 Å². The van der Waals surface area contributed by atoms with Crippen LogP contribution < -0.4 is 19.5 Å². The maximum Gasteiger partial charge on any atom is 0.326 e. The number of carboxylic acids is 2. The van der Waals surface area contributed by atoms with Gasteiger partial charge < -0.3 is 40.0 Å². The standard InChI is InChI=1S/C25H27NO10/c1-34-19-11-14(4-6-18(19)28)23-16(12-27)15-9-13(10-20(35-2)24(15)36-23)3-7-21(29)26-17(25(32)33)5-8-22(30)31/h3-4,6-7,9-11,16-17,23,27-28H,5,8,12H2,1-2H3,(H,26,29)(H,30,31)(H,32,33)/b7-3+. The van der Waals surface area contributed by atoms with E-state index in [0.717, 1.165) is 6.08 Å². The quantitative estimate of drug-likeness (QED) is 0.287. The molecule has 0 spiro atoms. The molecular formula is C25H27NO10. The Balaban J connectivity index is 1.84. The van der Waals surface area contributed by atoms with Gasteiger partial charge in [0.2, 0.25) is 5.91 Å². The van der Waals surface area contributed by atoms with Gasteiger partial charge in [-0.1, -0.05) is 6.07 Å². The van der Waals surface area contributed by atoms with E-state index >= 15 is 0 Å². The number of methoxy groups -OCH3 is 2. The number of hydrogen-bond acceptors (Lipinski definition) is 8. The molecule has 2 aromatic carbocycles. The molecule has 36 heavy (non-hydrogen) atoms. The van der Waals surface area contributed by atoms with Gasteiger partial charge in [-0.2, -0.15) is 0 Å². The molecule has 3 atom stereocenters. The average Bonchev–Trinajstić information content (AvgIpc) is 3.23. The fraction of sp³-hybridized carbons (Fsp3) is 0.320. The first-order chi connectivity index (χ1) is 17.2. The number of aromatic hydroxyl groups is 1. The van der Waals surface area contributed by atoms with Crippen LogP contribution in [0.15, 0.2) is 36.4 Å². The van der Waals surface area contributed by atoms with Gasteiger partial charge in [0.05, 0.1) is 26.7 Å². The zero-order valence-corrected chi connectivity index (χ0v) is 19.6. The smallest absolute Gasteiger partial charge is 0.326 e. The zero-order valence-electron chi connectivity index (χ0n) is 19.6. The third-order valence-corrected chi connectivity index (χ3v) is 5.75. The molecule has 1 aliphatic heterocycles. The minimum Gasteiger partial charge on any atom is -0.504 e. The SMILES string of the molecule is COc1cc(C2Oc3c(OC)cc(/C=C/C(=O)NC(CCC(=O)O)C(=O)O)cc3C2CO)ccc1O. The van der Waals surface area contributed by atoms with Crippen LogP contribution in [-0.2, 0) is 14.4 Å². The summed E-state index contributed by atoms with van der Waals surface area (Å²) in [7, 11) is 2.87. The highest BCUT2D eigenvalue weighted by atomic mass is 16.5. The lowest BCUT2D eigenvalue weighted by Crippen LogP contribution is -2.40. The Morgan fingerprint density at radius 1 is 1.11 bits per heavy atom. The summed E-state index contributed by atoms with van der Waals surface area (Å²) in [5.41, 5.74) is 1.84. The number of carbonyl (C=O) groups excluding carboxylic acids is 1. The fourth-order valence-corrected chi connectivity index (χ4v) is 3.95. The monoisotopic (exact) mass is 501 g/mol. The molecule has 0 bridgehead atoms. The lowest BCUT2D eigenvalue weighted by atomic mass is 9.90. The van der Waals surface area contributed by atoms with Crippen LogP contribution in [0.1, 0.15) is 41.6 Å². The molecule has 3 rings (SSSR count). The number of benzene rings is 2. The third-order valence-electron chi connectivity index (χ3n) is 5.75. The number of aliphatic carboxylic acids is 2. The van der Waals surface area contributed by atoms with Gasteiger partial charge in [0.25, 0.3) is 0 Å². The van der Waals surface area contributed by atoms with E-state index in [4.69, 9.17) is 19.3 Å². The molecule has 0 saturated carbocycles. The summed E-state index contributed by atoms with van der Waals surface area (Å²) < 4.78 is 16.8. The number of hydrogen-bond donors (Lipinski definition) is 5. The molecule has 11 heteroatoms. The molecule has 0 aromatic heterocycles. The summed E-state index contributed by atoms with van der Waals surface area (Å²) in [6.07, 6.45) is 1.32. The van der Waals surface area contributed by atoms with E-state index in [2.05, 4.69) is 5.32 Å². The number of phenolic OH excluding ortho intramolecular Hbond substituents is 1. The lowest BCUT2D eigenvalue weighted by Gasteiger charge is -2.18. The zero-order chi connectivity index (χ0) is 26.4. The van der Waals surface area contributed by atoms with Crippen molar-refractivity contribution in [1.29, 1.82) is 0 Å². The summed E-state index contributed by atoms with van der Waals surface area (Å²) >= 11 is 0. The van der Waals surface area contributed by atoms with Crippen molar-refractivity contribution >= 4 is 23.9 Å². The maximum absolute atomic E-state index is 12.3. The number of carbonyl (C=O) groups is 3. The van der Waals surface area contributed by atoms with Crippen molar-refractivity contribution in [3.8, 4) is 23.0 Å². The topological polar surface area (TPSA) is 172 Å². The van der Waals surface area contributed by atoms with E-state index < -0.39 is 42.3 Å². The molecule has 1 amide bonds. The van der Waals surface area contributed by atoms with E-state index in [1.165, 1.54) is 26.4 Å². The Morgan fingerprint density at radius 2 is 1.83 bits per heavy atom. The number of ether oxygens (including phenoxy) is 3. The van der Waals surface area contributed by atoms with Crippen LogP contribution in [0.5, 0.6) is 23.0 Å². The van der Waals surface area contributed by atoms with E-state index in [0.29, 0.717) is 28.2 Å². The number of rotatable bonds is 11. The van der Waals surface area contributed by atoms with Gasteiger partial charge in [-0.25, -0.2) is 4.79 Å². The molecule has 0 radical (unpaired) electrons. The van der Waals surface area contributed by atoms with E-state index in [1.54, 1.807) is 24.3 Å². The second-order valence-corrected chi connectivity index (χ2v) is 8.07. The van der Waals surface area contributed by atoms with Gasteiger partial charge in [0.15, 0.2) is 23.0 Å². The number of phenols is 1. The van der Waals surface area contributed by atoms with Crippen molar-refractivity contribution in [3.05, 3.63) is 53.1 Å². The Bertz CT molecular complexity index is 1180. The van der Waals surface area contributed by atoms with Crippen molar-refractivity contribution < 1.29 is 49.0 Å². The van der Waals surface area contributed by atoms with Gasteiger partial charge in [-0.15, -0.1) is 0 Å².